The van der Waals surface area contributed by atoms with E-state index in [1.165, 1.54) is 18.5 Å². The Bertz CT molecular complexity index is 839. The number of benzene rings is 1. The number of carbonyl (C=O) groups excluding carboxylic acids is 2. The molecule has 1 aromatic carbocycles. The van der Waals surface area contributed by atoms with Crippen LogP contribution in [0.5, 0.6) is 0 Å². The number of hydrogen-bond acceptors (Lipinski definition) is 4. The zero-order valence-corrected chi connectivity index (χ0v) is 13.6. The van der Waals surface area contributed by atoms with Gasteiger partial charge in [0.25, 0.3) is 5.91 Å². The molecule has 1 aliphatic rings. The molecule has 1 saturated heterocycles. The number of amides is 2. The van der Waals surface area contributed by atoms with Gasteiger partial charge in [0.05, 0.1) is 23.1 Å². The number of anilines is 2. The molecule has 0 bridgehead atoms. The molecule has 0 unspecified atom stereocenters. The highest BCUT2D eigenvalue weighted by atomic mass is 19.2. The molecule has 6 nitrogen and oxygen atoms in total. The SMILES string of the molecule is O=CN1CCN(C(=O)c2cncc(Nc3ccc(F)c(F)c3F)c2)CC1. The molecule has 3 rings (SSSR count). The Morgan fingerprint density at radius 2 is 1.81 bits per heavy atom. The number of piperazine rings is 1. The van der Waals surface area contributed by atoms with Crippen molar-refractivity contribution in [2.24, 2.45) is 0 Å². The van der Waals surface area contributed by atoms with Crippen LogP contribution in [0.15, 0.2) is 30.6 Å². The second-order valence-corrected chi connectivity index (χ2v) is 5.74. The predicted molar refractivity (Wildman–Crippen MR) is 87.4 cm³/mol. The van der Waals surface area contributed by atoms with Gasteiger partial charge in [-0.05, 0) is 18.2 Å². The van der Waals surface area contributed by atoms with Gasteiger partial charge in [-0.3, -0.25) is 14.6 Å². The standard InChI is InChI=1S/C17H15F3N4O2/c18-13-1-2-14(16(20)15(13)19)22-12-7-11(8-21-9-12)17(26)24-5-3-23(10-25)4-6-24/h1-2,7-10,22H,3-6H2. The van der Waals surface area contributed by atoms with Crippen LogP contribution in [-0.4, -0.2) is 53.3 Å². The number of nitrogens with zero attached hydrogens (tertiary/aromatic N) is 3. The van der Waals surface area contributed by atoms with Gasteiger partial charge in [0.1, 0.15) is 0 Å². The molecule has 0 radical (unpaired) electrons. The fourth-order valence-corrected chi connectivity index (χ4v) is 2.62. The van der Waals surface area contributed by atoms with Crippen molar-refractivity contribution in [3.05, 3.63) is 53.6 Å². The number of rotatable bonds is 4. The molecule has 0 aliphatic carbocycles. The number of carbonyl (C=O) groups is 2. The summed E-state index contributed by atoms with van der Waals surface area (Å²) >= 11 is 0. The molecule has 136 valence electrons. The fourth-order valence-electron chi connectivity index (χ4n) is 2.62. The zero-order valence-electron chi connectivity index (χ0n) is 13.6. The van der Waals surface area contributed by atoms with Gasteiger partial charge in [-0.15, -0.1) is 0 Å². The molecule has 2 heterocycles. The van der Waals surface area contributed by atoms with E-state index in [4.69, 9.17) is 0 Å². The van der Waals surface area contributed by atoms with Crippen LogP contribution in [0.1, 0.15) is 10.4 Å². The van der Waals surface area contributed by atoms with E-state index in [1.54, 1.807) is 9.80 Å². The van der Waals surface area contributed by atoms with Crippen LogP contribution in [-0.2, 0) is 4.79 Å². The van der Waals surface area contributed by atoms with Gasteiger partial charge < -0.3 is 15.1 Å². The third-order valence-electron chi connectivity index (χ3n) is 4.05. The zero-order chi connectivity index (χ0) is 18.7. The highest BCUT2D eigenvalue weighted by Crippen LogP contribution is 2.24. The van der Waals surface area contributed by atoms with Gasteiger partial charge in [0, 0.05) is 32.4 Å². The maximum absolute atomic E-state index is 13.8. The number of pyridine rings is 1. The van der Waals surface area contributed by atoms with E-state index in [2.05, 4.69) is 10.3 Å². The molecule has 1 aliphatic heterocycles. The second kappa shape index (κ2) is 7.42. The van der Waals surface area contributed by atoms with Gasteiger partial charge in [0.2, 0.25) is 6.41 Å². The maximum Gasteiger partial charge on any atom is 0.255 e. The van der Waals surface area contributed by atoms with Crippen LogP contribution >= 0.6 is 0 Å². The lowest BCUT2D eigenvalue weighted by Gasteiger charge is -2.32. The van der Waals surface area contributed by atoms with Crippen molar-refractivity contribution in [3.8, 4) is 0 Å². The Morgan fingerprint density at radius 1 is 1.08 bits per heavy atom. The van der Waals surface area contributed by atoms with E-state index >= 15 is 0 Å². The minimum absolute atomic E-state index is 0.257. The summed E-state index contributed by atoms with van der Waals surface area (Å²) in [5, 5.41) is 2.59. The van der Waals surface area contributed by atoms with E-state index in [1.807, 2.05) is 0 Å². The summed E-state index contributed by atoms with van der Waals surface area (Å²) in [6.07, 6.45) is 3.44. The normalized spacial score (nSPS) is 14.3. The molecule has 1 N–H and O–H groups in total. The van der Waals surface area contributed by atoms with Crippen LogP contribution in [0, 0.1) is 17.5 Å². The lowest BCUT2D eigenvalue weighted by atomic mass is 10.2. The van der Waals surface area contributed by atoms with Gasteiger partial charge in [-0.1, -0.05) is 0 Å². The lowest BCUT2D eigenvalue weighted by molar-refractivity contribution is -0.119. The van der Waals surface area contributed by atoms with E-state index in [-0.39, 0.29) is 22.8 Å². The molecule has 0 saturated carbocycles. The molecular weight excluding hydrogens is 349 g/mol. The molecule has 0 atom stereocenters. The van der Waals surface area contributed by atoms with Gasteiger partial charge in [-0.25, -0.2) is 13.2 Å². The van der Waals surface area contributed by atoms with Crippen molar-refractivity contribution in [3.63, 3.8) is 0 Å². The second-order valence-electron chi connectivity index (χ2n) is 5.74. The molecule has 26 heavy (non-hydrogen) atoms. The van der Waals surface area contributed by atoms with Crippen LogP contribution < -0.4 is 5.32 Å². The number of nitrogens with one attached hydrogen (secondary N) is 1. The molecule has 2 amide bonds. The molecule has 2 aromatic rings. The summed E-state index contributed by atoms with van der Waals surface area (Å²) < 4.78 is 40.1. The summed E-state index contributed by atoms with van der Waals surface area (Å²) in [6.45, 7) is 1.68. The first kappa shape index (κ1) is 17.7. The third kappa shape index (κ3) is 3.61. The smallest absolute Gasteiger partial charge is 0.255 e. The fraction of sp³-hybridized carbons (Fsp3) is 0.235. The largest absolute Gasteiger partial charge is 0.352 e. The van der Waals surface area contributed by atoms with Gasteiger partial charge in [-0.2, -0.15) is 0 Å². The number of aromatic nitrogens is 1. The van der Waals surface area contributed by atoms with Gasteiger partial charge in [0.15, 0.2) is 17.5 Å². The summed E-state index contributed by atoms with van der Waals surface area (Å²) in [7, 11) is 0. The molecule has 9 heteroatoms. The maximum atomic E-state index is 13.8. The molecule has 0 spiro atoms. The number of hydrogen-bond donors (Lipinski definition) is 1. The van der Waals surface area contributed by atoms with Crippen molar-refractivity contribution < 1.29 is 22.8 Å². The van der Waals surface area contributed by atoms with Crippen LogP contribution in [0.25, 0.3) is 0 Å². The first-order valence-corrected chi connectivity index (χ1v) is 7.84. The Kier molecular flexibility index (Phi) is 5.06. The van der Waals surface area contributed by atoms with Crippen molar-refractivity contribution in [2.75, 3.05) is 31.5 Å². The Labute approximate surface area is 147 Å². The van der Waals surface area contributed by atoms with E-state index in [0.29, 0.717) is 26.2 Å². The van der Waals surface area contributed by atoms with E-state index in [0.717, 1.165) is 18.5 Å². The van der Waals surface area contributed by atoms with Crippen molar-refractivity contribution in [2.45, 2.75) is 0 Å². The van der Waals surface area contributed by atoms with Crippen LogP contribution in [0.3, 0.4) is 0 Å². The van der Waals surface area contributed by atoms with Crippen LogP contribution in [0.2, 0.25) is 0 Å². The van der Waals surface area contributed by atoms with Crippen molar-refractivity contribution in [1.29, 1.82) is 0 Å². The van der Waals surface area contributed by atoms with E-state index < -0.39 is 17.5 Å². The highest BCUT2D eigenvalue weighted by molar-refractivity contribution is 5.95. The summed E-state index contributed by atoms with van der Waals surface area (Å²) in [6, 6.07) is 3.30. The first-order chi connectivity index (χ1) is 12.5. The highest BCUT2D eigenvalue weighted by Gasteiger charge is 2.22. The number of halogens is 3. The summed E-state index contributed by atoms with van der Waals surface area (Å²) in [4.78, 5) is 30.3. The summed E-state index contributed by atoms with van der Waals surface area (Å²) in [5.74, 6) is -4.50. The monoisotopic (exact) mass is 364 g/mol. The Balaban J connectivity index is 1.75. The quantitative estimate of drug-likeness (QED) is 0.667. The van der Waals surface area contributed by atoms with E-state index in [9.17, 15) is 22.8 Å². The first-order valence-electron chi connectivity index (χ1n) is 7.84. The average Bonchev–Trinajstić information content (AvgIpc) is 2.68. The minimum atomic E-state index is -1.58. The van der Waals surface area contributed by atoms with Crippen LogP contribution in [0.4, 0.5) is 24.5 Å². The van der Waals surface area contributed by atoms with Gasteiger partial charge >= 0.3 is 0 Å². The molecule has 1 aromatic heterocycles. The lowest BCUT2D eigenvalue weighted by Crippen LogP contribution is -2.48. The van der Waals surface area contributed by atoms with Crippen molar-refractivity contribution in [1.82, 2.24) is 14.8 Å². The summed E-state index contributed by atoms with van der Waals surface area (Å²) in [5.41, 5.74) is 0.250. The Hall–Kier alpha value is -3.10. The topological polar surface area (TPSA) is 65.5 Å². The average molecular weight is 364 g/mol. The molecule has 1 fully saturated rings. The minimum Gasteiger partial charge on any atom is -0.352 e. The third-order valence-corrected chi connectivity index (χ3v) is 4.05. The molecular formula is C17H15F3N4O2. The Morgan fingerprint density at radius 3 is 2.50 bits per heavy atom. The van der Waals surface area contributed by atoms with Crippen molar-refractivity contribution >= 4 is 23.7 Å². The predicted octanol–water partition coefficient (Wildman–Crippen LogP) is 2.16.